The highest BCUT2D eigenvalue weighted by molar-refractivity contribution is 6.01. The van der Waals surface area contributed by atoms with Gasteiger partial charge in [-0.25, -0.2) is 0 Å². The first kappa shape index (κ1) is 26.2. The normalized spacial score (nSPS) is 14.9. The summed E-state index contributed by atoms with van der Waals surface area (Å²) in [5.74, 6) is -0.193. The lowest BCUT2D eigenvalue weighted by Crippen LogP contribution is -2.47. The Kier molecular flexibility index (Phi) is 6.98. The van der Waals surface area contributed by atoms with Crippen LogP contribution < -0.4 is 25.6 Å². The molecule has 0 saturated carbocycles. The van der Waals surface area contributed by atoms with Crippen molar-refractivity contribution in [2.24, 2.45) is 0 Å². The average molecular weight is 539 g/mol. The van der Waals surface area contributed by atoms with Crippen LogP contribution in [0.5, 0.6) is 5.75 Å². The molecule has 8 nitrogen and oxygen atoms in total. The molecule has 5 rings (SSSR count). The Morgan fingerprint density at radius 1 is 1.03 bits per heavy atom. The smallest absolute Gasteiger partial charge is 0.425 e. The third kappa shape index (κ3) is 5.29. The Bertz CT molecular complexity index is 1480. The minimum absolute atomic E-state index is 0.0213. The van der Waals surface area contributed by atoms with Crippen LogP contribution in [0, 0.1) is 0 Å². The Balaban J connectivity index is 1.51. The van der Waals surface area contributed by atoms with Gasteiger partial charge in [-0.2, -0.15) is 18.3 Å². The SMILES string of the molecule is CNC(=O)c1ccc(-c2cc(O[C@H](C)C(F)(F)F)c3c(N)n[nH]c3c2)cc1N1CCN(c2ccccc2)CC1. The van der Waals surface area contributed by atoms with E-state index in [1.807, 2.05) is 24.3 Å². The zero-order valence-electron chi connectivity index (χ0n) is 21.5. The van der Waals surface area contributed by atoms with E-state index in [0.29, 0.717) is 35.3 Å². The van der Waals surface area contributed by atoms with E-state index < -0.39 is 12.3 Å². The molecular weight excluding hydrogens is 509 g/mol. The molecule has 39 heavy (non-hydrogen) atoms. The number of anilines is 3. The van der Waals surface area contributed by atoms with E-state index in [0.717, 1.165) is 31.4 Å². The van der Waals surface area contributed by atoms with E-state index in [2.05, 4.69) is 37.4 Å². The molecule has 0 unspecified atom stereocenters. The van der Waals surface area contributed by atoms with Crippen LogP contribution >= 0.6 is 0 Å². The minimum Gasteiger partial charge on any atom is -0.480 e. The second-order valence-electron chi connectivity index (χ2n) is 9.43. The van der Waals surface area contributed by atoms with Gasteiger partial charge < -0.3 is 25.6 Å². The molecule has 1 aromatic heterocycles. The number of H-pyrrole nitrogens is 1. The molecule has 1 amide bonds. The van der Waals surface area contributed by atoms with Crippen molar-refractivity contribution in [3.05, 3.63) is 66.2 Å². The van der Waals surface area contributed by atoms with Crippen LogP contribution in [0.25, 0.3) is 22.0 Å². The first-order valence-electron chi connectivity index (χ1n) is 12.6. The minimum atomic E-state index is -4.55. The third-order valence-corrected chi connectivity index (χ3v) is 6.96. The van der Waals surface area contributed by atoms with E-state index in [9.17, 15) is 18.0 Å². The molecule has 0 spiro atoms. The predicted molar refractivity (Wildman–Crippen MR) is 146 cm³/mol. The number of hydrogen-bond acceptors (Lipinski definition) is 6. The molecule has 4 N–H and O–H groups in total. The highest BCUT2D eigenvalue weighted by atomic mass is 19.4. The lowest BCUT2D eigenvalue weighted by atomic mass is 9.99. The van der Waals surface area contributed by atoms with Gasteiger partial charge >= 0.3 is 6.18 Å². The maximum absolute atomic E-state index is 13.3. The fourth-order valence-electron chi connectivity index (χ4n) is 4.80. The number of nitrogens with zero attached hydrogens (tertiary/aromatic N) is 3. The van der Waals surface area contributed by atoms with Crippen LogP contribution in [0.4, 0.5) is 30.4 Å². The molecule has 0 radical (unpaired) electrons. The molecule has 204 valence electrons. The van der Waals surface area contributed by atoms with Gasteiger partial charge in [-0.05, 0) is 54.4 Å². The molecule has 0 bridgehead atoms. The topological polar surface area (TPSA) is 99.5 Å². The molecule has 1 saturated heterocycles. The highest BCUT2D eigenvalue weighted by Crippen LogP contribution is 2.38. The Morgan fingerprint density at radius 3 is 2.38 bits per heavy atom. The number of nitrogens with two attached hydrogens (primary N) is 1. The van der Waals surface area contributed by atoms with Gasteiger partial charge in [0.15, 0.2) is 11.9 Å². The summed E-state index contributed by atoms with van der Waals surface area (Å²) in [5, 5.41) is 9.71. The zero-order chi connectivity index (χ0) is 27.7. The summed E-state index contributed by atoms with van der Waals surface area (Å²) >= 11 is 0. The summed E-state index contributed by atoms with van der Waals surface area (Å²) in [6, 6.07) is 18.8. The first-order chi connectivity index (χ1) is 18.7. The van der Waals surface area contributed by atoms with Crippen LogP contribution in [0.2, 0.25) is 0 Å². The molecule has 1 aliphatic heterocycles. The van der Waals surface area contributed by atoms with Crippen LogP contribution in [-0.4, -0.2) is 61.6 Å². The van der Waals surface area contributed by atoms with Crippen molar-refractivity contribution < 1.29 is 22.7 Å². The summed E-state index contributed by atoms with van der Waals surface area (Å²) in [4.78, 5) is 17.2. The standard InChI is InChI=1S/C28H29F3N6O2/c1-17(28(29,30)31)39-24-16-19(14-22-25(24)26(32)35-34-22)18-8-9-21(27(38)33-2)23(15-18)37-12-10-36(11-13-37)20-6-4-3-5-7-20/h3-9,14-17H,10-13H2,1-2H3,(H,33,38)(H3,32,34,35)/t17-/m1/s1. The molecule has 3 aromatic carbocycles. The van der Waals surface area contributed by atoms with E-state index in [1.165, 1.54) is 6.07 Å². The van der Waals surface area contributed by atoms with E-state index >= 15 is 0 Å². The number of aromatic amines is 1. The van der Waals surface area contributed by atoms with Crippen molar-refractivity contribution in [3.8, 4) is 16.9 Å². The molecule has 1 fully saturated rings. The van der Waals surface area contributed by atoms with E-state index in [4.69, 9.17) is 10.5 Å². The Hall–Kier alpha value is -4.41. The number of carbonyl (C=O) groups excluding carboxylic acids is 1. The quantitative estimate of drug-likeness (QED) is 0.325. The molecule has 2 heterocycles. The van der Waals surface area contributed by atoms with Gasteiger partial charge in [0.05, 0.1) is 22.2 Å². The van der Waals surface area contributed by atoms with Gasteiger partial charge in [0.25, 0.3) is 5.91 Å². The number of hydrogen-bond donors (Lipinski definition) is 3. The first-order valence-corrected chi connectivity index (χ1v) is 12.6. The van der Waals surface area contributed by atoms with Crippen LogP contribution in [-0.2, 0) is 0 Å². The summed E-state index contributed by atoms with van der Waals surface area (Å²) in [6.07, 6.45) is -6.59. The van der Waals surface area contributed by atoms with Crippen molar-refractivity contribution in [2.75, 3.05) is 48.8 Å². The number of halogens is 3. The number of ether oxygens (including phenoxy) is 1. The Labute approximate surface area is 223 Å². The second-order valence-corrected chi connectivity index (χ2v) is 9.43. The number of nitrogen functional groups attached to an aromatic ring is 1. The largest absolute Gasteiger partial charge is 0.480 e. The number of benzene rings is 3. The molecule has 1 aliphatic rings. The van der Waals surface area contributed by atoms with Gasteiger partial charge in [0.1, 0.15) is 5.75 Å². The highest BCUT2D eigenvalue weighted by Gasteiger charge is 2.38. The van der Waals surface area contributed by atoms with Crippen molar-refractivity contribution >= 4 is 34.0 Å². The fourth-order valence-corrected chi connectivity index (χ4v) is 4.80. The van der Waals surface area contributed by atoms with Gasteiger partial charge in [-0.3, -0.25) is 9.89 Å². The number of piperazine rings is 1. The third-order valence-electron chi connectivity index (χ3n) is 6.96. The maximum atomic E-state index is 13.3. The number of carbonyl (C=O) groups is 1. The van der Waals surface area contributed by atoms with Crippen molar-refractivity contribution in [1.29, 1.82) is 0 Å². The van der Waals surface area contributed by atoms with Gasteiger partial charge in [0.2, 0.25) is 0 Å². The number of nitrogens with one attached hydrogen (secondary N) is 2. The number of para-hydroxylation sites is 1. The molecule has 1 atom stereocenters. The number of alkyl halides is 3. The van der Waals surface area contributed by atoms with E-state index in [-0.39, 0.29) is 22.9 Å². The molecule has 11 heteroatoms. The average Bonchev–Trinajstić information content (AvgIpc) is 3.33. The maximum Gasteiger partial charge on any atom is 0.425 e. The van der Waals surface area contributed by atoms with Crippen LogP contribution in [0.15, 0.2) is 60.7 Å². The second kappa shape index (κ2) is 10.4. The number of amides is 1. The van der Waals surface area contributed by atoms with Crippen LogP contribution in [0.3, 0.4) is 0 Å². The lowest BCUT2D eigenvalue weighted by Gasteiger charge is -2.38. The van der Waals surface area contributed by atoms with Gasteiger partial charge in [-0.1, -0.05) is 24.3 Å². The van der Waals surface area contributed by atoms with Crippen molar-refractivity contribution in [1.82, 2.24) is 15.5 Å². The lowest BCUT2D eigenvalue weighted by molar-refractivity contribution is -0.188. The van der Waals surface area contributed by atoms with Crippen molar-refractivity contribution in [2.45, 2.75) is 19.2 Å². The van der Waals surface area contributed by atoms with Crippen molar-refractivity contribution in [3.63, 3.8) is 0 Å². The fraction of sp³-hybridized carbons (Fsp3) is 0.286. The molecular formula is C28H29F3N6O2. The Morgan fingerprint density at radius 2 is 1.72 bits per heavy atom. The zero-order valence-corrected chi connectivity index (χ0v) is 21.5. The van der Waals surface area contributed by atoms with Crippen LogP contribution in [0.1, 0.15) is 17.3 Å². The number of aromatic nitrogens is 2. The molecule has 4 aromatic rings. The monoisotopic (exact) mass is 538 g/mol. The summed E-state index contributed by atoms with van der Waals surface area (Å²) in [5.41, 5.74) is 10.1. The van der Waals surface area contributed by atoms with Gasteiger partial charge in [0, 0.05) is 38.9 Å². The number of fused-ring (bicyclic) bond motifs is 1. The number of rotatable bonds is 6. The summed E-state index contributed by atoms with van der Waals surface area (Å²) in [6.45, 7) is 3.87. The van der Waals surface area contributed by atoms with E-state index in [1.54, 1.807) is 25.2 Å². The summed E-state index contributed by atoms with van der Waals surface area (Å²) in [7, 11) is 1.58. The predicted octanol–water partition coefficient (Wildman–Crippen LogP) is 4.83. The molecule has 0 aliphatic carbocycles. The van der Waals surface area contributed by atoms with Gasteiger partial charge in [-0.15, -0.1) is 0 Å². The summed E-state index contributed by atoms with van der Waals surface area (Å²) < 4.78 is 45.2.